The van der Waals surface area contributed by atoms with Crippen molar-refractivity contribution in [3.63, 3.8) is 0 Å². The van der Waals surface area contributed by atoms with Gasteiger partial charge in [-0.05, 0) is 60.7 Å². The largest absolute Gasteiger partial charge is 0.399 e. The number of hydrogen-bond acceptors (Lipinski definition) is 5. The number of amides is 2. The predicted octanol–water partition coefficient (Wildman–Crippen LogP) is 6.93. The molecule has 4 N–H and O–H groups in total. The van der Waals surface area contributed by atoms with Crippen molar-refractivity contribution in [2.45, 2.75) is 0 Å². The number of carbonyl (C=O) groups is 2. The summed E-state index contributed by atoms with van der Waals surface area (Å²) in [5.74, 6) is 0. The number of nitro groups is 1. The summed E-state index contributed by atoms with van der Waals surface area (Å²) < 4.78 is 2.99. The molecule has 0 atom stereocenters. The summed E-state index contributed by atoms with van der Waals surface area (Å²) >= 11 is 0. The number of nitrogens with zero attached hydrogens (tertiary/aromatic N) is 3. The highest BCUT2D eigenvalue weighted by Gasteiger charge is 2.13. The number of hydrogen-bond donors (Lipinski definition) is 3. The Morgan fingerprint density at radius 1 is 0.650 bits per heavy atom. The molecule has 0 spiro atoms. The number of nitrogens with two attached hydrogens (primary N) is 1. The first-order chi connectivity index (χ1) is 19.4. The van der Waals surface area contributed by atoms with Gasteiger partial charge < -0.3 is 16.4 Å². The summed E-state index contributed by atoms with van der Waals surface area (Å²) in [5.41, 5.74) is 9.32. The number of aromatic nitrogens is 2. The van der Waals surface area contributed by atoms with E-state index in [1.807, 2.05) is 66.7 Å². The van der Waals surface area contributed by atoms with Gasteiger partial charge in [0, 0.05) is 52.4 Å². The Balaban J connectivity index is 0.000000162. The van der Waals surface area contributed by atoms with Crippen LogP contribution in [0.15, 0.2) is 122 Å². The average molecular weight is 533 g/mol. The number of para-hydroxylation sites is 2. The molecule has 40 heavy (non-hydrogen) atoms. The lowest BCUT2D eigenvalue weighted by molar-refractivity contribution is -0.384. The maximum Gasteiger partial charge on any atom is 0.330 e. The molecule has 0 fully saturated rings. The fraction of sp³-hybridized carbons (Fsp3) is 0. The minimum Gasteiger partial charge on any atom is -0.399 e. The van der Waals surface area contributed by atoms with Crippen molar-refractivity contribution in [1.29, 1.82) is 0 Å². The maximum atomic E-state index is 12.2. The molecule has 10 heteroatoms. The molecule has 0 unspecified atom stereocenters. The molecule has 0 bridgehead atoms. The monoisotopic (exact) mass is 532 g/mol. The molecule has 0 saturated heterocycles. The topological polar surface area (TPSA) is 137 Å². The van der Waals surface area contributed by atoms with Crippen LogP contribution in [-0.4, -0.2) is 26.1 Å². The zero-order valence-corrected chi connectivity index (χ0v) is 21.1. The van der Waals surface area contributed by atoms with Crippen LogP contribution < -0.4 is 16.4 Å². The third-order valence-corrected chi connectivity index (χ3v) is 6.09. The van der Waals surface area contributed by atoms with Crippen LogP contribution in [0.2, 0.25) is 0 Å². The fourth-order valence-electron chi connectivity index (χ4n) is 4.17. The Morgan fingerprint density at radius 3 is 1.62 bits per heavy atom. The maximum absolute atomic E-state index is 12.2. The number of nitro benzene ring substituents is 1. The second kappa shape index (κ2) is 11.2. The van der Waals surface area contributed by atoms with Crippen molar-refractivity contribution in [1.82, 2.24) is 9.13 Å². The second-order valence-electron chi connectivity index (χ2n) is 8.78. The molecule has 10 nitrogen and oxygen atoms in total. The van der Waals surface area contributed by atoms with Crippen LogP contribution in [0, 0.1) is 10.1 Å². The SMILES string of the molecule is Nc1ccc2c(ccn2C(=O)Nc2ccccc2)c1.O=C(Nc1ccccc1)n1ccc2cc([N+](=O)[O-])ccc21. The van der Waals surface area contributed by atoms with Crippen LogP contribution in [0.3, 0.4) is 0 Å². The number of benzene rings is 4. The quantitative estimate of drug-likeness (QED) is 0.129. The summed E-state index contributed by atoms with van der Waals surface area (Å²) in [7, 11) is 0. The molecule has 2 amide bonds. The molecule has 0 saturated carbocycles. The Labute approximate surface area is 228 Å². The van der Waals surface area contributed by atoms with Crippen molar-refractivity contribution in [3.05, 3.63) is 132 Å². The van der Waals surface area contributed by atoms with E-state index in [1.54, 1.807) is 47.3 Å². The number of nitrogens with one attached hydrogen (secondary N) is 2. The molecule has 6 rings (SSSR count). The van der Waals surface area contributed by atoms with Crippen molar-refractivity contribution >= 4 is 56.6 Å². The van der Waals surface area contributed by atoms with Gasteiger partial charge in [-0.1, -0.05) is 36.4 Å². The predicted molar refractivity (Wildman–Crippen MR) is 157 cm³/mol. The fourth-order valence-corrected chi connectivity index (χ4v) is 4.17. The summed E-state index contributed by atoms with van der Waals surface area (Å²) in [6, 6.07) is 31.4. The van der Waals surface area contributed by atoms with Gasteiger partial charge in [0.2, 0.25) is 0 Å². The van der Waals surface area contributed by atoms with E-state index in [1.165, 1.54) is 16.7 Å². The van der Waals surface area contributed by atoms with Gasteiger partial charge in [0.05, 0.1) is 16.0 Å². The van der Waals surface area contributed by atoms with Crippen LogP contribution in [-0.2, 0) is 0 Å². The van der Waals surface area contributed by atoms with Gasteiger partial charge in [0.25, 0.3) is 5.69 Å². The van der Waals surface area contributed by atoms with Crippen LogP contribution in [0.5, 0.6) is 0 Å². The summed E-state index contributed by atoms with van der Waals surface area (Å²) in [4.78, 5) is 34.7. The number of nitrogen functional groups attached to an aromatic ring is 1. The lowest BCUT2D eigenvalue weighted by Gasteiger charge is -2.07. The van der Waals surface area contributed by atoms with Gasteiger partial charge in [-0.15, -0.1) is 0 Å². The minimum atomic E-state index is -0.458. The van der Waals surface area contributed by atoms with E-state index in [4.69, 9.17) is 5.73 Å². The highest BCUT2D eigenvalue weighted by atomic mass is 16.6. The van der Waals surface area contributed by atoms with Crippen molar-refractivity contribution in [3.8, 4) is 0 Å². The summed E-state index contributed by atoms with van der Waals surface area (Å²) in [6.45, 7) is 0. The molecular weight excluding hydrogens is 508 g/mol. The van der Waals surface area contributed by atoms with E-state index < -0.39 is 4.92 Å². The van der Waals surface area contributed by atoms with Gasteiger partial charge in [-0.3, -0.25) is 19.2 Å². The first-order valence-electron chi connectivity index (χ1n) is 12.2. The summed E-state index contributed by atoms with van der Waals surface area (Å²) in [6.07, 6.45) is 3.33. The second-order valence-corrected chi connectivity index (χ2v) is 8.78. The van der Waals surface area contributed by atoms with Gasteiger partial charge in [0.15, 0.2) is 0 Å². The molecule has 2 aromatic heterocycles. The van der Waals surface area contributed by atoms with Crippen molar-refractivity contribution < 1.29 is 14.5 Å². The minimum absolute atomic E-state index is 0.00344. The molecule has 0 aliphatic rings. The van der Waals surface area contributed by atoms with E-state index in [9.17, 15) is 19.7 Å². The Bertz CT molecular complexity index is 1830. The number of non-ortho nitro benzene ring substituents is 1. The van der Waals surface area contributed by atoms with E-state index >= 15 is 0 Å². The standard InChI is InChI=1S/C15H11N3O3.C15H13N3O/c19-15(16-12-4-2-1-3-5-12)17-9-8-11-10-13(18(20)21)6-7-14(11)17;16-12-6-7-14-11(10-12)8-9-18(14)15(19)17-13-4-2-1-3-5-13/h1-10H,(H,16,19);1-10H,16H2,(H,17,19). The third kappa shape index (κ3) is 5.65. The van der Waals surface area contributed by atoms with Gasteiger partial charge >= 0.3 is 12.1 Å². The van der Waals surface area contributed by atoms with Crippen LogP contribution >= 0.6 is 0 Å². The molecule has 0 aliphatic heterocycles. The molecule has 6 aromatic rings. The first kappa shape index (κ1) is 25.7. The number of fused-ring (bicyclic) bond motifs is 2. The Morgan fingerprint density at radius 2 is 1.12 bits per heavy atom. The van der Waals surface area contributed by atoms with Crippen LogP contribution in [0.4, 0.5) is 32.3 Å². The molecule has 2 heterocycles. The molecule has 4 aromatic carbocycles. The zero-order chi connectivity index (χ0) is 28.1. The van der Waals surface area contributed by atoms with E-state index in [2.05, 4.69) is 10.6 Å². The highest BCUT2D eigenvalue weighted by molar-refractivity contribution is 6.00. The van der Waals surface area contributed by atoms with E-state index in [0.717, 1.165) is 16.6 Å². The summed E-state index contributed by atoms with van der Waals surface area (Å²) in [5, 5.41) is 17.9. The first-order valence-corrected chi connectivity index (χ1v) is 12.2. The average Bonchev–Trinajstić information content (AvgIpc) is 3.58. The zero-order valence-electron chi connectivity index (χ0n) is 21.1. The highest BCUT2D eigenvalue weighted by Crippen LogP contribution is 2.22. The normalized spacial score (nSPS) is 10.5. The molecule has 0 aliphatic carbocycles. The Hall–Kier alpha value is -5.90. The van der Waals surface area contributed by atoms with Crippen molar-refractivity contribution in [2.24, 2.45) is 0 Å². The van der Waals surface area contributed by atoms with Gasteiger partial charge in [0.1, 0.15) is 0 Å². The third-order valence-electron chi connectivity index (χ3n) is 6.09. The number of rotatable bonds is 3. The molecular formula is C30H24N6O4. The lowest BCUT2D eigenvalue weighted by Crippen LogP contribution is -2.18. The molecule has 0 radical (unpaired) electrons. The van der Waals surface area contributed by atoms with Crippen molar-refractivity contribution in [2.75, 3.05) is 16.4 Å². The van der Waals surface area contributed by atoms with Crippen LogP contribution in [0.25, 0.3) is 21.8 Å². The van der Waals surface area contributed by atoms with Gasteiger partial charge in [-0.2, -0.15) is 0 Å². The van der Waals surface area contributed by atoms with Crippen LogP contribution in [0.1, 0.15) is 0 Å². The van der Waals surface area contributed by atoms with E-state index in [-0.39, 0.29) is 17.7 Å². The number of anilines is 3. The Kier molecular flexibility index (Phi) is 7.23. The number of carbonyl (C=O) groups excluding carboxylic acids is 2. The van der Waals surface area contributed by atoms with Gasteiger partial charge in [-0.25, -0.2) is 9.59 Å². The van der Waals surface area contributed by atoms with E-state index in [0.29, 0.717) is 22.3 Å². The lowest BCUT2D eigenvalue weighted by atomic mass is 10.2. The smallest absolute Gasteiger partial charge is 0.330 e. The molecule has 198 valence electrons.